The molecule has 0 saturated heterocycles. The molecule has 0 aliphatic heterocycles. The third-order valence-corrected chi connectivity index (χ3v) is 6.14. The summed E-state index contributed by atoms with van der Waals surface area (Å²) in [5, 5.41) is 7.92. The second-order valence-corrected chi connectivity index (χ2v) is 10.2. The Morgan fingerprint density at radius 2 is 1.62 bits per heavy atom. The van der Waals surface area contributed by atoms with E-state index in [1.54, 1.807) is 13.0 Å². The number of methoxy groups -OCH3 is 1. The molecule has 0 heterocycles. The van der Waals surface area contributed by atoms with Crippen LogP contribution in [-0.4, -0.2) is 62.4 Å². The molecule has 0 unspecified atom stereocenters. The molecule has 0 fully saturated rings. The average molecular weight is 614 g/mol. The number of hydrogen-bond donors (Lipinski definition) is 3. The van der Waals surface area contributed by atoms with Crippen molar-refractivity contribution in [2.24, 2.45) is 0 Å². The van der Waals surface area contributed by atoms with E-state index in [2.05, 4.69) is 16.0 Å². The average Bonchev–Trinajstić information content (AvgIpc) is 2.91. The van der Waals surface area contributed by atoms with E-state index in [4.69, 9.17) is 9.47 Å². The minimum atomic E-state index is -4.77. The standard InChI is InChI=1S/C28H35F8N3O3/c1-5-18(15-37-20-12-11-19(13-22(20)41-4)42-16-27(32,33)25(29)30)38-24(40)21(14-26(2,3)31)39-23(28(34,35)36)17-9-7-6-8-10-17/h6-13,18,21,23,25,37,39H,5,14-16H2,1-4H3,(H,38,40)/t18-,21-,23-/m0/s1. The van der Waals surface area contributed by atoms with E-state index >= 15 is 0 Å². The molecule has 0 saturated carbocycles. The minimum Gasteiger partial charge on any atom is -0.494 e. The zero-order valence-electron chi connectivity index (χ0n) is 23.5. The van der Waals surface area contributed by atoms with E-state index < -0.39 is 61.3 Å². The van der Waals surface area contributed by atoms with Crippen LogP contribution in [0.15, 0.2) is 48.5 Å². The number of carbonyl (C=O) groups is 1. The van der Waals surface area contributed by atoms with Gasteiger partial charge in [-0.25, -0.2) is 13.2 Å². The van der Waals surface area contributed by atoms with Crippen LogP contribution in [-0.2, 0) is 4.79 Å². The van der Waals surface area contributed by atoms with Gasteiger partial charge in [0.05, 0.1) is 18.8 Å². The highest BCUT2D eigenvalue weighted by molar-refractivity contribution is 5.82. The van der Waals surface area contributed by atoms with Crippen LogP contribution >= 0.6 is 0 Å². The highest BCUT2D eigenvalue weighted by Gasteiger charge is 2.44. The number of carbonyl (C=O) groups excluding carboxylic acids is 1. The Labute approximate surface area is 239 Å². The summed E-state index contributed by atoms with van der Waals surface area (Å²) in [5.41, 5.74) is -1.78. The maximum atomic E-state index is 14.6. The van der Waals surface area contributed by atoms with Crippen LogP contribution in [0.1, 0.15) is 45.2 Å². The monoisotopic (exact) mass is 613 g/mol. The van der Waals surface area contributed by atoms with E-state index in [0.717, 1.165) is 13.8 Å². The molecule has 236 valence electrons. The summed E-state index contributed by atoms with van der Waals surface area (Å²) < 4.78 is 118. The van der Waals surface area contributed by atoms with Gasteiger partial charge in [-0.15, -0.1) is 0 Å². The largest absolute Gasteiger partial charge is 0.494 e. The summed E-state index contributed by atoms with van der Waals surface area (Å²) in [6, 6.07) is 6.35. The molecule has 3 N–H and O–H groups in total. The molecule has 0 aromatic heterocycles. The Balaban J connectivity index is 2.14. The van der Waals surface area contributed by atoms with Crippen LogP contribution in [0.4, 0.5) is 40.8 Å². The molecule has 1 amide bonds. The number of benzene rings is 2. The maximum Gasteiger partial charge on any atom is 0.407 e. The van der Waals surface area contributed by atoms with Gasteiger partial charge in [0.1, 0.15) is 23.2 Å². The van der Waals surface area contributed by atoms with Crippen molar-refractivity contribution in [1.29, 1.82) is 0 Å². The highest BCUT2D eigenvalue weighted by Crippen LogP contribution is 2.34. The molecule has 2 rings (SSSR count). The topological polar surface area (TPSA) is 71.6 Å². The van der Waals surface area contributed by atoms with Gasteiger partial charge in [0.25, 0.3) is 0 Å². The molecule has 2 aromatic rings. The van der Waals surface area contributed by atoms with Gasteiger partial charge >= 0.3 is 18.5 Å². The zero-order chi connectivity index (χ0) is 31.7. The smallest absolute Gasteiger partial charge is 0.407 e. The second-order valence-electron chi connectivity index (χ2n) is 10.2. The molecule has 2 aromatic carbocycles. The number of ether oxygens (including phenoxy) is 2. The number of alkyl halides is 8. The number of anilines is 1. The SMILES string of the molecule is CC[C@@H](CNc1ccc(OCC(F)(F)C(F)F)cc1OC)NC(=O)[C@H](CC(C)(C)F)N[C@@H](c1ccccc1)C(F)(F)F. The maximum absolute atomic E-state index is 14.6. The Kier molecular flexibility index (Phi) is 12.3. The summed E-state index contributed by atoms with van der Waals surface area (Å²) >= 11 is 0. The van der Waals surface area contributed by atoms with Gasteiger partial charge in [-0.1, -0.05) is 37.3 Å². The normalized spacial score (nSPS) is 14.7. The van der Waals surface area contributed by atoms with Crippen molar-refractivity contribution in [3.63, 3.8) is 0 Å². The van der Waals surface area contributed by atoms with E-state index in [1.165, 1.54) is 49.6 Å². The molecule has 0 spiro atoms. The first-order chi connectivity index (χ1) is 19.5. The Hall–Kier alpha value is -3.29. The third kappa shape index (κ3) is 10.8. The van der Waals surface area contributed by atoms with Crippen LogP contribution in [0, 0.1) is 0 Å². The van der Waals surface area contributed by atoms with Gasteiger partial charge < -0.3 is 20.1 Å². The summed E-state index contributed by atoms with van der Waals surface area (Å²) in [6.45, 7) is 2.54. The fraction of sp³-hybridized carbons (Fsp3) is 0.536. The lowest BCUT2D eigenvalue weighted by molar-refractivity contribution is -0.161. The Bertz CT molecular complexity index is 1130. The molecule has 14 heteroatoms. The van der Waals surface area contributed by atoms with E-state index in [-0.39, 0.29) is 23.6 Å². The van der Waals surface area contributed by atoms with Crippen LogP contribution in [0.5, 0.6) is 11.5 Å². The van der Waals surface area contributed by atoms with E-state index in [9.17, 15) is 39.9 Å². The lowest BCUT2D eigenvalue weighted by Gasteiger charge is -2.31. The lowest BCUT2D eigenvalue weighted by Crippen LogP contribution is -2.53. The van der Waals surface area contributed by atoms with Crippen molar-refractivity contribution in [2.75, 3.05) is 25.6 Å². The number of halogens is 8. The van der Waals surface area contributed by atoms with Crippen molar-refractivity contribution in [3.8, 4) is 11.5 Å². The Morgan fingerprint density at radius 3 is 2.14 bits per heavy atom. The second kappa shape index (κ2) is 14.7. The fourth-order valence-corrected chi connectivity index (χ4v) is 3.92. The quantitative estimate of drug-likeness (QED) is 0.184. The van der Waals surface area contributed by atoms with Crippen molar-refractivity contribution in [3.05, 3.63) is 54.1 Å². The molecule has 6 nitrogen and oxygen atoms in total. The fourth-order valence-electron chi connectivity index (χ4n) is 3.92. The van der Waals surface area contributed by atoms with Crippen LogP contribution < -0.4 is 25.4 Å². The van der Waals surface area contributed by atoms with Crippen molar-refractivity contribution < 1.29 is 49.4 Å². The molecular formula is C28H35F8N3O3. The molecule has 0 radical (unpaired) electrons. The van der Waals surface area contributed by atoms with E-state index in [0.29, 0.717) is 12.1 Å². The predicted molar refractivity (Wildman–Crippen MR) is 142 cm³/mol. The predicted octanol–water partition coefficient (Wildman–Crippen LogP) is 6.68. The van der Waals surface area contributed by atoms with Crippen LogP contribution in [0.3, 0.4) is 0 Å². The zero-order valence-corrected chi connectivity index (χ0v) is 23.5. The van der Waals surface area contributed by atoms with Crippen LogP contribution in [0.25, 0.3) is 0 Å². The van der Waals surface area contributed by atoms with Gasteiger partial charge in [-0.2, -0.15) is 22.0 Å². The molecule has 0 aliphatic rings. The first-order valence-corrected chi connectivity index (χ1v) is 13.0. The van der Waals surface area contributed by atoms with Gasteiger partial charge in [-0.05, 0) is 38.0 Å². The first-order valence-electron chi connectivity index (χ1n) is 13.0. The summed E-state index contributed by atoms with van der Waals surface area (Å²) in [4.78, 5) is 13.2. The highest BCUT2D eigenvalue weighted by atomic mass is 19.4. The van der Waals surface area contributed by atoms with Crippen molar-refractivity contribution in [2.45, 2.75) is 75.9 Å². The summed E-state index contributed by atoms with van der Waals surface area (Å²) in [7, 11) is 1.27. The van der Waals surface area contributed by atoms with Crippen molar-refractivity contribution >= 4 is 11.6 Å². The van der Waals surface area contributed by atoms with Gasteiger partial charge in [0, 0.05) is 25.1 Å². The lowest BCUT2D eigenvalue weighted by atomic mass is 9.97. The number of nitrogens with one attached hydrogen (secondary N) is 3. The third-order valence-electron chi connectivity index (χ3n) is 6.14. The number of rotatable bonds is 16. The molecule has 42 heavy (non-hydrogen) atoms. The number of amides is 1. The molecule has 0 bridgehead atoms. The van der Waals surface area contributed by atoms with Crippen LogP contribution in [0.2, 0.25) is 0 Å². The molecule has 0 aliphatic carbocycles. The van der Waals surface area contributed by atoms with Gasteiger partial charge in [0.2, 0.25) is 5.91 Å². The Morgan fingerprint density at radius 1 is 0.976 bits per heavy atom. The first kappa shape index (κ1) is 34.9. The summed E-state index contributed by atoms with van der Waals surface area (Å²) in [6.07, 6.45) is -8.88. The van der Waals surface area contributed by atoms with E-state index in [1.807, 2.05) is 0 Å². The summed E-state index contributed by atoms with van der Waals surface area (Å²) in [5.74, 6) is -5.22. The van der Waals surface area contributed by atoms with Gasteiger partial charge in [-0.3, -0.25) is 10.1 Å². The molecular weight excluding hydrogens is 578 g/mol. The minimum absolute atomic E-state index is 0.0510. The van der Waals surface area contributed by atoms with Crippen molar-refractivity contribution in [1.82, 2.24) is 10.6 Å². The molecule has 3 atom stereocenters. The number of hydrogen-bond acceptors (Lipinski definition) is 5. The van der Waals surface area contributed by atoms with Gasteiger partial charge in [0.15, 0.2) is 6.61 Å².